The Morgan fingerprint density at radius 3 is 2.53 bits per heavy atom. The molecule has 7 heteroatoms. The van der Waals surface area contributed by atoms with Crippen LogP contribution in [0.1, 0.15) is 40.0 Å². The molecule has 1 N–H and O–H groups in total. The third-order valence-corrected chi connectivity index (χ3v) is 7.11. The Morgan fingerprint density at radius 1 is 1.18 bits per heavy atom. The second kappa shape index (κ2) is 9.72. The van der Waals surface area contributed by atoms with Gasteiger partial charge in [0.15, 0.2) is 0 Å². The van der Waals surface area contributed by atoms with Gasteiger partial charge in [-0.25, -0.2) is 4.39 Å². The molecule has 2 aromatic rings. The first-order chi connectivity index (χ1) is 16.2. The largest absolute Gasteiger partial charge is 0.497 e. The minimum absolute atomic E-state index is 0.00478. The minimum Gasteiger partial charge on any atom is -0.497 e. The van der Waals surface area contributed by atoms with Gasteiger partial charge in [0.25, 0.3) is 0 Å². The zero-order valence-corrected chi connectivity index (χ0v) is 20.5. The van der Waals surface area contributed by atoms with E-state index in [-0.39, 0.29) is 29.8 Å². The number of hydrogen-bond donors (Lipinski definition) is 1. The highest BCUT2D eigenvalue weighted by Gasteiger charge is 2.38. The number of halogens is 1. The van der Waals surface area contributed by atoms with Gasteiger partial charge in [0, 0.05) is 49.3 Å². The van der Waals surface area contributed by atoms with E-state index in [2.05, 4.69) is 30.6 Å². The summed E-state index contributed by atoms with van der Waals surface area (Å²) >= 11 is 0. The molecule has 0 aliphatic carbocycles. The Balaban J connectivity index is 1.42. The minimum atomic E-state index is -0.758. The van der Waals surface area contributed by atoms with E-state index in [4.69, 9.17) is 9.47 Å². The van der Waals surface area contributed by atoms with E-state index in [0.29, 0.717) is 30.4 Å². The summed E-state index contributed by atoms with van der Waals surface area (Å²) in [5.74, 6) is 0.909. The highest BCUT2D eigenvalue weighted by Crippen LogP contribution is 2.37. The number of anilines is 2. The second-order valence-electron chi connectivity index (χ2n) is 10.4. The van der Waals surface area contributed by atoms with Crippen LogP contribution in [-0.2, 0) is 4.79 Å². The van der Waals surface area contributed by atoms with E-state index in [1.807, 2.05) is 24.3 Å². The van der Waals surface area contributed by atoms with Crippen molar-refractivity contribution in [1.29, 1.82) is 0 Å². The van der Waals surface area contributed by atoms with E-state index >= 15 is 0 Å². The molecule has 2 fully saturated rings. The number of hydrogen-bond acceptors (Lipinski definition) is 5. The first-order valence-electron chi connectivity index (χ1n) is 12.0. The molecule has 0 bridgehead atoms. The smallest absolute Gasteiger partial charge is 0.305 e. The van der Waals surface area contributed by atoms with Crippen molar-refractivity contribution in [2.24, 2.45) is 11.3 Å². The molecule has 34 heavy (non-hydrogen) atoms. The summed E-state index contributed by atoms with van der Waals surface area (Å²) < 4.78 is 26.2. The lowest BCUT2D eigenvalue weighted by molar-refractivity contribution is -0.137. The number of carbonyl (C=O) groups is 1. The third-order valence-electron chi connectivity index (χ3n) is 7.11. The maximum Gasteiger partial charge on any atom is 0.305 e. The molecule has 2 aromatic carbocycles. The number of benzene rings is 2. The van der Waals surface area contributed by atoms with Crippen molar-refractivity contribution in [3.63, 3.8) is 0 Å². The third kappa shape index (κ3) is 5.24. The second-order valence-corrected chi connectivity index (χ2v) is 10.4. The normalized spacial score (nSPS) is 24.2. The number of rotatable bonds is 7. The van der Waals surface area contributed by atoms with Crippen molar-refractivity contribution < 1.29 is 23.8 Å². The van der Waals surface area contributed by atoms with Gasteiger partial charge in [-0.05, 0) is 48.7 Å². The topological polar surface area (TPSA) is 62.2 Å². The predicted molar refractivity (Wildman–Crippen MR) is 132 cm³/mol. The van der Waals surface area contributed by atoms with Crippen molar-refractivity contribution >= 4 is 17.3 Å². The molecule has 1 unspecified atom stereocenters. The van der Waals surface area contributed by atoms with E-state index in [1.54, 1.807) is 19.2 Å². The van der Waals surface area contributed by atoms with E-state index < -0.39 is 5.97 Å². The highest BCUT2D eigenvalue weighted by atomic mass is 19.1. The molecular formula is C27H35FN2O4. The lowest BCUT2D eigenvalue weighted by atomic mass is 9.80. The van der Waals surface area contributed by atoms with Gasteiger partial charge in [0.2, 0.25) is 0 Å². The molecule has 2 aliphatic heterocycles. The number of piperidine rings is 1. The van der Waals surface area contributed by atoms with Crippen LogP contribution >= 0.6 is 0 Å². The van der Waals surface area contributed by atoms with Crippen LogP contribution in [0.5, 0.6) is 11.5 Å². The molecule has 2 aliphatic rings. The Hall–Kier alpha value is -2.96. The van der Waals surface area contributed by atoms with Gasteiger partial charge in [-0.1, -0.05) is 20.8 Å². The standard InChI is InChI=1S/C27H35FN2O4/c1-18-13-20(14-26(31)32)30(16-18)19-5-7-21(8-6-19)34-25-11-12-29(17-27(25,2)3)24-15-22(33-4)9-10-23(24)28/h5-10,15,18,20,25H,11-14,16-17H2,1-4H3,(H,31,32)/t18-,20-,25?/m1/s1. The first-order valence-corrected chi connectivity index (χ1v) is 12.0. The molecule has 2 heterocycles. The Labute approximate surface area is 201 Å². The van der Waals surface area contributed by atoms with Gasteiger partial charge in [-0.3, -0.25) is 4.79 Å². The molecule has 4 rings (SSSR count). The van der Waals surface area contributed by atoms with Crippen LogP contribution in [0, 0.1) is 17.2 Å². The number of carboxylic acid groups (broad SMARTS) is 1. The molecule has 0 spiro atoms. The summed E-state index contributed by atoms with van der Waals surface area (Å²) in [6.07, 6.45) is 1.82. The van der Waals surface area contributed by atoms with Crippen LogP contribution in [0.4, 0.5) is 15.8 Å². The average molecular weight is 471 g/mol. The van der Waals surface area contributed by atoms with Crippen molar-refractivity contribution in [2.45, 2.75) is 52.2 Å². The summed E-state index contributed by atoms with van der Waals surface area (Å²) in [5, 5.41) is 9.26. The number of methoxy groups -OCH3 is 1. The molecule has 6 nitrogen and oxygen atoms in total. The maximum atomic E-state index is 14.5. The number of aliphatic carboxylic acids is 1. The van der Waals surface area contributed by atoms with Crippen LogP contribution in [0.15, 0.2) is 42.5 Å². The van der Waals surface area contributed by atoms with Gasteiger partial charge >= 0.3 is 5.97 Å². The molecular weight excluding hydrogens is 435 g/mol. The van der Waals surface area contributed by atoms with E-state index in [9.17, 15) is 14.3 Å². The summed E-state index contributed by atoms with van der Waals surface area (Å²) in [6, 6.07) is 12.9. The molecule has 0 radical (unpaired) electrons. The predicted octanol–water partition coefficient (Wildman–Crippen LogP) is 5.21. The molecule has 0 aromatic heterocycles. The van der Waals surface area contributed by atoms with Gasteiger partial charge in [0.1, 0.15) is 23.4 Å². The van der Waals surface area contributed by atoms with Crippen LogP contribution < -0.4 is 19.3 Å². The summed E-state index contributed by atoms with van der Waals surface area (Å²) in [7, 11) is 1.59. The van der Waals surface area contributed by atoms with Gasteiger partial charge in [-0.2, -0.15) is 0 Å². The quantitative estimate of drug-likeness (QED) is 0.600. The van der Waals surface area contributed by atoms with Crippen LogP contribution in [0.25, 0.3) is 0 Å². The summed E-state index contributed by atoms with van der Waals surface area (Å²) in [4.78, 5) is 15.5. The molecule has 184 valence electrons. The zero-order chi connectivity index (χ0) is 24.5. The zero-order valence-electron chi connectivity index (χ0n) is 20.5. The average Bonchev–Trinajstić information content (AvgIpc) is 3.15. The van der Waals surface area contributed by atoms with Gasteiger partial charge in [-0.15, -0.1) is 0 Å². The fourth-order valence-electron chi connectivity index (χ4n) is 5.37. The fourth-order valence-corrected chi connectivity index (χ4v) is 5.37. The molecule has 3 atom stereocenters. The lowest BCUT2D eigenvalue weighted by Gasteiger charge is -2.45. The lowest BCUT2D eigenvalue weighted by Crippen LogP contribution is -2.51. The Kier molecular flexibility index (Phi) is 6.91. The number of nitrogens with zero attached hydrogens (tertiary/aromatic N) is 2. The number of ether oxygens (including phenoxy) is 2. The first kappa shape index (κ1) is 24.2. The summed E-state index contributed by atoms with van der Waals surface area (Å²) in [5.41, 5.74) is 1.40. The van der Waals surface area contributed by atoms with E-state index in [0.717, 1.165) is 30.8 Å². The van der Waals surface area contributed by atoms with Crippen LogP contribution in [0.3, 0.4) is 0 Å². The Morgan fingerprint density at radius 2 is 1.88 bits per heavy atom. The fraction of sp³-hybridized carbons (Fsp3) is 0.519. The van der Waals surface area contributed by atoms with Gasteiger partial charge < -0.3 is 24.4 Å². The summed E-state index contributed by atoms with van der Waals surface area (Å²) in [6.45, 7) is 8.70. The van der Waals surface area contributed by atoms with E-state index in [1.165, 1.54) is 6.07 Å². The van der Waals surface area contributed by atoms with Crippen molar-refractivity contribution in [2.75, 3.05) is 36.5 Å². The molecule has 0 amide bonds. The molecule has 0 saturated carbocycles. The highest BCUT2D eigenvalue weighted by molar-refractivity contribution is 5.69. The molecule has 2 saturated heterocycles. The number of carboxylic acids is 1. The van der Waals surface area contributed by atoms with Crippen LogP contribution in [-0.4, -0.2) is 50.0 Å². The monoisotopic (exact) mass is 470 g/mol. The van der Waals surface area contributed by atoms with Gasteiger partial charge in [0.05, 0.1) is 19.2 Å². The maximum absolute atomic E-state index is 14.5. The Bertz CT molecular complexity index is 1010. The van der Waals surface area contributed by atoms with Crippen molar-refractivity contribution in [3.05, 3.63) is 48.3 Å². The van der Waals surface area contributed by atoms with Crippen LogP contribution in [0.2, 0.25) is 0 Å². The SMILES string of the molecule is COc1ccc(F)c(N2CCC(Oc3ccc(N4C[C@H](C)C[C@@H]4CC(=O)O)cc3)C(C)(C)C2)c1. The van der Waals surface area contributed by atoms with Crippen molar-refractivity contribution in [3.8, 4) is 11.5 Å². The van der Waals surface area contributed by atoms with Crippen molar-refractivity contribution in [1.82, 2.24) is 0 Å².